The number of fused-ring (bicyclic) bond motifs is 2. The van der Waals surface area contributed by atoms with Crippen LogP contribution in [0.1, 0.15) is 75.6 Å². The number of carbonyl (C=O) groups excluding carboxylic acids is 8. The maximum Gasteiger partial charge on any atom is 2.00 e. The minimum absolute atomic E-state index is 0. The molecule has 16 amide bonds. The molecular formula is C54H68Mg4N16O24S4+8. The van der Waals surface area contributed by atoms with E-state index in [1.54, 1.807) is 27.7 Å². The molecule has 0 atom stereocenters. The fraction of sp³-hybridized carbons (Fsp3) is 0.630. The van der Waals surface area contributed by atoms with Crippen molar-refractivity contribution in [2.24, 2.45) is 0 Å². The van der Waals surface area contributed by atoms with E-state index in [4.69, 9.17) is 18.9 Å². The molecule has 11 fully saturated rings. The number of ether oxygens (including phenoxy) is 4. The van der Waals surface area contributed by atoms with Crippen LogP contribution in [-0.4, -0.2) is 408 Å². The second kappa shape index (κ2) is 26.2. The molecule has 0 aliphatic carbocycles. The quantitative estimate of drug-likeness (QED) is 0.0657. The van der Waals surface area contributed by atoms with Gasteiger partial charge in [-0.2, -0.15) is 33.7 Å². The summed E-state index contributed by atoms with van der Waals surface area (Å²) >= 11 is 0. The molecule has 0 aromatic heterocycles. The first-order valence-electron chi connectivity index (χ1n) is 31.2. The Bertz CT molecular complexity index is 3900. The predicted molar refractivity (Wildman–Crippen MR) is 347 cm³/mol. The van der Waals surface area contributed by atoms with Gasteiger partial charge in [0.15, 0.2) is 47.3 Å². The van der Waals surface area contributed by atoms with Crippen molar-refractivity contribution in [1.29, 1.82) is 0 Å². The van der Waals surface area contributed by atoms with E-state index in [0.29, 0.717) is 22.3 Å². The number of hydrogen-bond donors (Lipinski definition) is 4. The van der Waals surface area contributed by atoms with Gasteiger partial charge in [0, 0.05) is 22.3 Å². The molecule has 40 nitrogen and oxygen atoms in total. The van der Waals surface area contributed by atoms with E-state index in [1.165, 1.54) is 103 Å². The second-order valence-electron chi connectivity index (χ2n) is 26.7. The van der Waals surface area contributed by atoms with Crippen LogP contribution in [0.5, 0.6) is 23.0 Å². The summed E-state index contributed by atoms with van der Waals surface area (Å²) in [5, 5.41) is 0. The molecule has 0 bridgehead atoms. The van der Waals surface area contributed by atoms with Crippen LogP contribution in [0, 0.1) is 0 Å². The van der Waals surface area contributed by atoms with Crippen LogP contribution in [-0.2, 0) is 66.7 Å². The summed E-state index contributed by atoms with van der Waals surface area (Å²) in [6.45, 7) is 0.998. The summed E-state index contributed by atoms with van der Waals surface area (Å²) in [5.74, 6) is -2.01. The van der Waals surface area contributed by atoms with E-state index in [9.17, 15) is 51.9 Å². The molecule has 0 spiro atoms. The van der Waals surface area contributed by atoms with Gasteiger partial charge < -0.3 is 18.9 Å². The van der Waals surface area contributed by atoms with Crippen LogP contribution < -0.4 is 18.9 Å². The van der Waals surface area contributed by atoms with E-state index < -0.39 is 199 Å². The maximum atomic E-state index is 15.6. The fourth-order valence-corrected chi connectivity index (χ4v) is 18.8. The second-order valence-corrected chi connectivity index (χ2v) is 32.9. The molecule has 532 valence electrons. The zero-order chi connectivity index (χ0) is 70.0. The third-order valence-corrected chi connectivity index (χ3v) is 25.1. The van der Waals surface area contributed by atoms with E-state index in [-0.39, 0.29) is 193 Å². The molecule has 2 aromatic rings. The monoisotopic (exact) mass is 1550 g/mol. The first kappa shape index (κ1) is 77.6. The Morgan fingerprint density at radius 2 is 0.490 bits per heavy atom. The van der Waals surface area contributed by atoms with Crippen molar-refractivity contribution in [2.45, 2.75) is 127 Å². The Kier molecular flexibility index (Phi) is 19.9. The van der Waals surface area contributed by atoms with Crippen molar-refractivity contribution in [3.8, 4) is 23.0 Å². The van der Waals surface area contributed by atoms with Gasteiger partial charge in [0.25, 0.3) is 40.5 Å². The molecule has 4 N–H and O–H groups in total. The molecule has 13 heterocycles. The van der Waals surface area contributed by atoms with E-state index in [2.05, 4.69) is 0 Å². The first-order valence-corrected chi connectivity index (χ1v) is 37.7. The van der Waals surface area contributed by atoms with Crippen LogP contribution in [0.4, 0.5) is 38.4 Å². The SMILES string of the molecule is CC12N3Cc4c(OCCCS(=O)(=O)O)ccc(OCCCS(=O)(=O)O)c4CN1C(=O)N1CN4C(=O)N5CN6C(=O)N7CN8C(=O)N9Cc%10c(OCCCS(=O)(=O)O)ccc(OCCCS(=O)(=O)O)c%10CN%10C(=O)N(CN%11C(=O)N(CN%12C(=O)N(CN(C3=O)C12C)C4C%125)C6C%117)C8(C)C%109C.[Mg+2].[Mg+2].[Mg+2].[Mg+2]. The molecular weight excluding hydrogens is 1480 g/mol. The largest absolute Gasteiger partial charge is 2.00 e. The molecule has 13 aliphatic rings. The Morgan fingerprint density at radius 3 is 0.676 bits per heavy atom. The molecule has 11 saturated heterocycles. The van der Waals surface area contributed by atoms with Gasteiger partial charge >= 0.3 is 140 Å². The average Bonchev–Trinajstić information content (AvgIpc) is 1.50. The molecule has 15 rings (SSSR count). The number of benzene rings is 2. The third-order valence-electron chi connectivity index (χ3n) is 21.9. The Hall–Kier alpha value is -5.50. The zero-order valence-electron chi connectivity index (χ0n) is 55.7. The maximum absolute atomic E-state index is 15.6. The molecule has 0 unspecified atom stereocenters. The molecule has 102 heavy (non-hydrogen) atoms. The normalized spacial score (nSPS) is 28.5. The Labute approximate surface area is 648 Å². The summed E-state index contributed by atoms with van der Waals surface area (Å²) in [5.41, 5.74) is -5.55. The van der Waals surface area contributed by atoms with Gasteiger partial charge in [0.1, 0.15) is 63.0 Å². The number of nitrogens with zero attached hydrogens (tertiary/aromatic N) is 16. The van der Waals surface area contributed by atoms with Gasteiger partial charge in [-0.25, -0.2) is 38.4 Å². The van der Waals surface area contributed by atoms with Crippen LogP contribution in [0.15, 0.2) is 24.3 Å². The Morgan fingerprint density at radius 1 is 0.314 bits per heavy atom. The van der Waals surface area contributed by atoms with Crippen molar-refractivity contribution >= 4 is 181 Å². The van der Waals surface area contributed by atoms with Crippen molar-refractivity contribution in [2.75, 3.05) is 89.5 Å². The molecule has 48 heteroatoms. The van der Waals surface area contributed by atoms with Gasteiger partial charge in [0.05, 0.1) is 75.6 Å². The van der Waals surface area contributed by atoms with Crippen LogP contribution in [0.3, 0.4) is 0 Å². The van der Waals surface area contributed by atoms with Gasteiger partial charge in [-0.05, 0) is 77.6 Å². The summed E-state index contributed by atoms with van der Waals surface area (Å²) in [6.07, 6.45) is -5.79. The summed E-state index contributed by atoms with van der Waals surface area (Å²) in [7, 11) is -17.5. The number of carbonyl (C=O) groups is 8. The number of urea groups is 8. The zero-order valence-corrected chi connectivity index (χ0v) is 64.7. The minimum atomic E-state index is -4.38. The van der Waals surface area contributed by atoms with E-state index in [1.807, 2.05) is 0 Å². The minimum Gasteiger partial charge on any atom is -0.493 e. The van der Waals surface area contributed by atoms with Gasteiger partial charge in [-0.1, -0.05) is 0 Å². The smallest absolute Gasteiger partial charge is 0.493 e. The van der Waals surface area contributed by atoms with Crippen molar-refractivity contribution in [3.63, 3.8) is 0 Å². The summed E-state index contributed by atoms with van der Waals surface area (Å²) < 4.78 is 155. The van der Waals surface area contributed by atoms with Crippen LogP contribution in [0.25, 0.3) is 0 Å². The van der Waals surface area contributed by atoms with Gasteiger partial charge in [0.2, 0.25) is 0 Å². The fourth-order valence-electron chi connectivity index (χ4n) is 16.9. The first-order chi connectivity index (χ1) is 45.9. The number of amides is 16. The number of hydrogen-bond acceptors (Lipinski definition) is 20. The van der Waals surface area contributed by atoms with E-state index in [0.717, 1.165) is 0 Å². The van der Waals surface area contributed by atoms with E-state index >= 15 is 38.4 Å². The standard InChI is InChI=1S/C54H68N16O24S4.4Mg/c1-51-53(3)67-27-59-41-39-55(43(59)71)25-57-40-42-61(45(57)73)29-69-49(77)65-23-33-34(38(94-16-8-20-98(88,89)90)12-11-37(33)93-15-7-19-97(85,86)87)24-66-50(78)70(54(69,4)52(65,66)2)30-62(42)46(74)58(40)26-56(39)44(72)60(41)28-68(53)48(76)64(51)22-32-31(21-63(51)47(67)75)35(91-13-5-17-95(79,80)81)9-10-36(32)92-14-6-18-96(82,83)84;;;;/h9-12,39-42H,5-8,13-30H2,1-4H3,(H,79,80,81)(H,82,83,84)(H,85,86,87)(H,88,89,90);;;;/q;4*+2. The van der Waals surface area contributed by atoms with Gasteiger partial charge in [-0.15, -0.1) is 0 Å². The van der Waals surface area contributed by atoms with Crippen molar-refractivity contribution in [3.05, 3.63) is 46.5 Å². The summed E-state index contributed by atoms with van der Waals surface area (Å²) in [4.78, 5) is 146. The molecule has 2 aromatic carbocycles. The van der Waals surface area contributed by atoms with Gasteiger partial charge in [-0.3, -0.25) is 96.6 Å². The Balaban J connectivity index is 0.00000261. The third kappa shape index (κ3) is 11.3. The number of rotatable bonds is 20. The molecule has 0 radical (unpaired) electrons. The summed E-state index contributed by atoms with van der Waals surface area (Å²) in [6, 6.07) is 0.128. The molecule has 13 aliphatic heterocycles. The van der Waals surface area contributed by atoms with Crippen molar-refractivity contribution < 1.29 is 109 Å². The molecule has 0 saturated carbocycles. The predicted octanol–water partition coefficient (Wildman–Crippen LogP) is -1.63. The van der Waals surface area contributed by atoms with Crippen LogP contribution >= 0.6 is 0 Å². The topological polar surface area (TPSA) is 443 Å². The van der Waals surface area contributed by atoms with Crippen molar-refractivity contribution in [1.82, 2.24) is 78.4 Å². The average molecular weight is 1550 g/mol. The van der Waals surface area contributed by atoms with Crippen LogP contribution in [0.2, 0.25) is 0 Å².